The molecule has 180 valence electrons. The van der Waals surface area contributed by atoms with E-state index in [-0.39, 0.29) is 16.9 Å². The maximum Gasteiger partial charge on any atom is 0.408 e. The van der Waals surface area contributed by atoms with Crippen LogP contribution in [0.2, 0.25) is 18.1 Å². The number of alkyl carbamates (subject to hydrolysis) is 1. The van der Waals surface area contributed by atoms with Gasteiger partial charge in [0.25, 0.3) is 0 Å². The average Bonchev–Trinajstić information content (AvgIpc) is 2.95. The first-order chi connectivity index (χ1) is 14.6. The molecular formula is C24H40N2O5Si. The van der Waals surface area contributed by atoms with Gasteiger partial charge in [0.15, 0.2) is 8.32 Å². The Morgan fingerprint density at radius 1 is 1.12 bits per heavy atom. The van der Waals surface area contributed by atoms with Crippen molar-refractivity contribution < 1.29 is 23.5 Å². The second kappa shape index (κ2) is 9.83. The quantitative estimate of drug-likeness (QED) is 0.600. The molecule has 32 heavy (non-hydrogen) atoms. The number of hydrogen-bond donors (Lipinski definition) is 1. The first kappa shape index (κ1) is 26.2. The number of amides is 2. The van der Waals surface area contributed by atoms with Crippen molar-refractivity contribution in [2.75, 3.05) is 26.8 Å². The molecule has 1 N–H and O–H groups in total. The van der Waals surface area contributed by atoms with E-state index in [1.54, 1.807) is 32.8 Å². The van der Waals surface area contributed by atoms with E-state index in [9.17, 15) is 9.59 Å². The van der Waals surface area contributed by atoms with E-state index in [2.05, 4.69) is 39.2 Å². The summed E-state index contributed by atoms with van der Waals surface area (Å²) in [7, 11) is -0.286. The second-order valence-electron chi connectivity index (χ2n) is 10.9. The van der Waals surface area contributed by atoms with Gasteiger partial charge in [-0.25, -0.2) is 4.79 Å². The van der Waals surface area contributed by atoms with Gasteiger partial charge in [-0.1, -0.05) is 32.9 Å². The molecule has 2 rings (SSSR count). The fourth-order valence-corrected chi connectivity index (χ4v) is 4.41. The van der Waals surface area contributed by atoms with Crippen LogP contribution < -0.4 is 10.1 Å². The van der Waals surface area contributed by atoms with Gasteiger partial charge in [-0.05, 0) is 56.6 Å². The lowest BCUT2D eigenvalue weighted by Gasteiger charge is -2.36. The molecule has 0 aromatic heterocycles. The minimum Gasteiger partial charge on any atom is -0.497 e. The van der Waals surface area contributed by atoms with E-state index in [1.807, 2.05) is 24.3 Å². The topological polar surface area (TPSA) is 77.1 Å². The van der Waals surface area contributed by atoms with Gasteiger partial charge in [0, 0.05) is 19.0 Å². The Hall–Kier alpha value is -2.06. The molecule has 1 saturated heterocycles. The van der Waals surface area contributed by atoms with Gasteiger partial charge < -0.3 is 24.1 Å². The summed E-state index contributed by atoms with van der Waals surface area (Å²) in [5.74, 6) is 0.443. The van der Waals surface area contributed by atoms with E-state index >= 15 is 0 Å². The van der Waals surface area contributed by atoms with E-state index in [0.29, 0.717) is 19.7 Å². The predicted octanol–water partition coefficient (Wildman–Crippen LogP) is 4.54. The number of rotatable bonds is 7. The van der Waals surface area contributed by atoms with Crippen molar-refractivity contribution in [1.29, 1.82) is 0 Å². The largest absolute Gasteiger partial charge is 0.497 e. The fourth-order valence-electron chi connectivity index (χ4n) is 3.38. The number of nitrogens with one attached hydrogen (secondary N) is 1. The highest BCUT2D eigenvalue weighted by molar-refractivity contribution is 6.74. The summed E-state index contributed by atoms with van der Waals surface area (Å²) in [5.41, 5.74) is 0.325. The van der Waals surface area contributed by atoms with Crippen molar-refractivity contribution in [3.05, 3.63) is 29.8 Å². The van der Waals surface area contributed by atoms with E-state index in [0.717, 1.165) is 11.3 Å². The van der Waals surface area contributed by atoms with Crippen LogP contribution in [0.25, 0.3) is 0 Å². The van der Waals surface area contributed by atoms with Crippen LogP contribution in [0.5, 0.6) is 5.75 Å². The molecule has 1 aliphatic rings. The molecule has 8 heteroatoms. The van der Waals surface area contributed by atoms with Gasteiger partial charge in [-0.2, -0.15) is 0 Å². The number of likely N-dealkylation sites (tertiary alicyclic amines) is 1. The molecule has 2 amide bonds. The average molecular weight is 465 g/mol. The molecule has 0 radical (unpaired) electrons. The molecule has 0 bridgehead atoms. The third-order valence-corrected chi connectivity index (χ3v) is 10.8. The Kier molecular flexibility index (Phi) is 8.04. The van der Waals surface area contributed by atoms with Crippen molar-refractivity contribution in [1.82, 2.24) is 10.2 Å². The number of carbonyl (C=O) groups is 2. The molecule has 7 nitrogen and oxygen atoms in total. The Morgan fingerprint density at radius 3 is 2.22 bits per heavy atom. The van der Waals surface area contributed by atoms with Crippen LogP contribution in [0.4, 0.5) is 4.79 Å². The second-order valence-corrected chi connectivity index (χ2v) is 15.7. The maximum absolute atomic E-state index is 13.3. The van der Waals surface area contributed by atoms with Gasteiger partial charge >= 0.3 is 6.09 Å². The first-order valence-electron chi connectivity index (χ1n) is 11.2. The zero-order valence-electron chi connectivity index (χ0n) is 21.1. The lowest BCUT2D eigenvalue weighted by atomic mass is 9.94. The fraction of sp³-hybridized carbons (Fsp3) is 0.667. The first-order valence-corrected chi connectivity index (χ1v) is 14.1. The minimum atomic E-state index is -1.90. The molecule has 1 aromatic rings. The van der Waals surface area contributed by atoms with Crippen molar-refractivity contribution in [3.8, 4) is 5.75 Å². The molecule has 1 fully saturated rings. The summed E-state index contributed by atoms with van der Waals surface area (Å²) in [4.78, 5) is 27.5. The van der Waals surface area contributed by atoms with Crippen LogP contribution >= 0.6 is 0 Å². The van der Waals surface area contributed by atoms with Crippen LogP contribution in [0.1, 0.15) is 53.0 Å². The van der Waals surface area contributed by atoms with Gasteiger partial charge in [0.2, 0.25) is 5.91 Å². The van der Waals surface area contributed by atoms with Crippen molar-refractivity contribution in [2.24, 2.45) is 0 Å². The van der Waals surface area contributed by atoms with Gasteiger partial charge in [0.05, 0.1) is 13.7 Å². The van der Waals surface area contributed by atoms with Gasteiger partial charge in [-0.15, -0.1) is 0 Å². The number of ether oxygens (including phenoxy) is 2. The van der Waals surface area contributed by atoms with Crippen LogP contribution in [0, 0.1) is 0 Å². The summed E-state index contributed by atoms with van der Waals surface area (Å²) < 4.78 is 16.9. The van der Waals surface area contributed by atoms with Crippen LogP contribution in [0.3, 0.4) is 0 Å². The Morgan fingerprint density at radius 2 is 1.72 bits per heavy atom. The molecule has 0 aliphatic carbocycles. The highest BCUT2D eigenvalue weighted by Crippen LogP contribution is 2.36. The van der Waals surface area contributed by atoms with Gasteiger partial charge in [0.1, 0.15) is 17.4 Å². The molecule has 0 saturated carbocycles. The summed E-state index contributed by atoms with van der Waals surface area (Å²) >= 11 is 0. The molecular weight excluding hydrogens is 424 g/mol. The smallest absolute Gasteiger partial charge is 0.408 e. The van der Waals surface area contributed by atoms with Crippen LogP contribution in [-0.4, -0.2) is 63.7 Å². The number of methoxy groups -OCH3 is 1. The molecule has 1 heterocycles. The highest BCUT2D eigenvalue weighted by atomic mass is 28.4. The summed E-state index contributed by atoms with van der Waals surface area (Å²) in [5, 5.41) is 2.91. The number of hydrogen-bond acceptors (Lipinski definition) is 5. The molecule has 0 spiro atoms. The molecule has 2 atom stereocenters. The number of carbonyl (C=O) groups excluding carboxylic acids is 2. The number of nitrogens with zero attached hydrogens (tertiary/aromatic N) is 1. The SMILES string of the molecule is COc1ccc([C@H]2CN(CCO[Si](C)(C)C(C)(C)C)C(=O)[C@@H]2NC(=O)OC(C)(C)C)cc1. The summed E-state index contributed by atoms with van der Waals surface area (Å²) in [6.45, 7) is 17.9. The van der Waals surface area contributed by atoms with Crippen molar-refractivity contribution in [3.63, 3.8) is 0 Å². The third-order valence-electron chi connectivity index (χ3n) is 6.24. The monoisotopic (exact) mass is 464 g/mol. The molecule has 0 unspecified atom stereocenters. The Labute approximate surface area is 193 Å². The summed E-state index contributed by atoms with van der Waals surface area (Å²) in [6.07, 6.45) is -0.589. The van der Waals surface area contributed by atoms with E-state index in [4.69, 9.17) is 13.9 Å². The normalized spacial score (nSPS) is 19.8. The van der Waals surface area contributed by atoms with E-state index in [1.165, 1.54) is 0 Å². The molecule has 1 aliphatic heterocycles. The Balaban J connectivity index is 2.16. The standard InChI is InChI=1S/C24H40N2O5Si/c1-23(2,3)31-22(28)25-20-19(17-10-12-18(29-7)13-11-17)16-26(21(20)27)14-15-30-32(8,9)24(4,5)6/h10-13,19-20H,14-16H2,1-9H3,(H,25,28)/t19-,20-/m1/s1. The zero-order chi connectivity index (χ0) is 24.3. The van der Waals surface area contributed by atoms with Crippen molar-refractivity contribution in [2.45, 2.75) is 77.2 Å². The predicted molar refractivity (Wildman–Crippen MR) is 129 cm³/mol. The highest BCUT2D eigenvalue weighted by Gasteiger charge is 2.43. The lowest BCUT2D eigenvalue weighted by molar-refractivity contribution is -0.129. The zero-order valence-corrected chi connectivity index (χ0v) is 22.1. The third kappa shape index (κ3) is 6.72. The van der Waals surface area contributed by atoms with Crippen molar-refractivity contribution >= 4 is 20.3 Å². The summed E-state index contributed by atoms with van der Waals surface area (Å²) in [6, 6.07) is 6.93. The Bertz CT molecular complexity index is 796. The lowest BCUT2D eigenvalue weighted by Crippen LogP contribution is -2.46. The molecule has 1 aromatic carbocycles. The number of benzene rings is 1. The van der Waals surface area contributed by atoms with Crippen LogP contribution in [-0.2, 0) is 14.0 Å². The maximum atomic E-state index is 13.3. The minimum absolute atomic E-state index is 0.106. The van der Waals surface area contributed by atoms with Gasteiger partial charge in [-0.3, -0.25) is 4.79 Å². The van der Waals surface area contributed by atoms with Crippen LogP contribution in [0.15, 0.2) is 24.3 Å². The van der Waals surface area contributed by atoms with E-state index < -0.39 is 26.1 Å².